The fourth-order valence-corrected chi connectivity index (χ4v) is 1.35. The van der Waals surface area contributed by atoms with Gasteiger partial charge in [-0.05, 0) is 13.8 Å². The molecule has 0 aliphatic carbocycles. The van der Waals surface area contributed by atoms with Gasteiger partial charge in [-0.15, -0.1) is 0 Å². The first kappa shape index (κ1) is 15.5. The van der Waals surface area contributed by atoms with Gasteiger partial charge in [0.2, 0.25) is 5.89 Å². The molecule has 0 saturated heterocycles. The minimum Gasteiger partial charge on any atom is -0.481 e. The minimum atomic E-state index is -1.50. The summed E-state index contributed by atoms with van der Waals surface area (Å²) in [6, 6.07) is -2.31. The fourth-order valence-electron chi connectivity index (χ4n) is 1.35. The molecular formula is C11H15N3O6. The van der Waals surface area contributed by atoms with Crippen LogP contribution < -0.4 is 10.6 Å². The second kappa shape index (κ2) is 6.55. The number of aliphatic carboxylic acids is 2. The number of carbonyl (C=O) groups is 3. The second-order valence-electron chi connectivity index (χ2n) is 4.06. The zero-order valence-corrected chi connectivity index (χ0v) is 11.0. The van der Waals surface area contributed by atoms with Crippen molar-refractivity contribution in [2.24, 2.45) is 0 Å². The number of nitrogens with one attached hydrogen (secondary N) is 2. The van der Waals surface area contributed by atoms with Gasteiger partial charge in [-0.3, -0.25) is 4.79 Å². The number of aryl methyl sites for hydroxylation is 2. The molecule has 1 rings (SSSR count). The molecule has 0 radical (unpaired) electrons. The fraction of sp³-hybridized carbons (Fsp3) is 0.455. The summed E-state index contributed by atoms with van der Waals surface area (Å²) in [6.45, 7) is 3.44. The number of carboxylic acid groups (broad SMARTS) is 2. The maximum absolute atomic E-state index is 11.5. The molecular weight excluding hydrogens is 270 g/mol. The lowest BCUT2D eigenvalue weighted by atomic mass is 10.2. The van der Waals surface area contributed by atoms with Crippen molar-refractivity contribution in [2.45, 2.75) is 32.9 Å². The number of hydrogen-bond donors (Lipinski definition) is 4. The third kappa shape index (κ3) is 4.59. The van der Waals surface area contributed by atoms with Gasteiger partial charge in [0.1, 0.15) is 11.8 Å². The molecule has 0 bridgehead atoms. The standard InChI is InChI=1S/C11H15N3O6/c1-5-6(2)20-8(13-5)4-12-11(19)14-7(10(17)18)3-9(15)16/h7H,3-4H2,1-2H3,(H,15,16)(H,17,18)(H2,12,14,19). The molecule has 0 spiro atoms. The number of nitrogens with zero attached hydrogens (tertiary/aromatic N) is 1. The van der Waals surface area contributed by atoms with Crippen LogP contribution in [0.2, 0.25) is 0 Å². The number of hydrogen-bond acceptors (Lipinski definition) is 5. The van der Waals surface area contributed by atoms with Crippen molar-refractivity contribution in [2.75, 3.05) is 0 Å². The van der Waals surface area contributed by atoms with Crippen molar-refractivity contribution in [1.29, 1.82) is 0 Å². The first-order valence-corrected chi connectivity index (χ1v) is 5.71. The van der Waals surface area contributed by atoms with Crippen molar-refractivity contribution in [3.63, 3.8) is 0 Å². The Labute approximate surface area is 114 Å². The average molecular weight is 285 g/mol. The van der Waals surface area contributed by atoms with Gasteiger partial charge in [0.15, 0.2) is 0 Å². The minimum absolute atomic E-state index is 0.0279. The van der Waals surface area contributed by atoms with E-state index in [1.807, 2.05) is 5.32 Å². The Balaban J connectivity index is 2.49. The van der Waals surface area contributed by atoms with Gasteiger partial charge in [-0.2, -0.15) is 0 Å². The van der Waals surface area contributed by atoms with Crippen LogP contribution in [0.3, 0.4) is 0 Å². The number of aromatic nitrogens is 1. The number of carboxylic acids is 2. The normalized spacial score (nSPS) is 11.7. The van der Waals surface area contributed by atoms with Crippen LogP contribution in [0, 0.1) is 13.8 Å². The van der Waals surface area contributed by atoms with Gasteiger partial charge in [0, 0.05) is 0 Å². The summed E-state index contributed by atoms with van der Waals surface area (Å²) in [5.74, 6) is -1.85. The Bertz CT molecular complexity index is 505. The molecule has 20 heavy (non-hydrogen) atoms. The quantitative estimate of drug-likeness (QED) is 0.577. The zero-order chi connectivity index (χ0) is 15.3. The van der Waals surface area contributed by atoms with E-state index in [1.165, 1.54) is 0 Å². The second-order valence-corrected chi connectivity index (χ2v) is 4.06. The molecule has 0 fully saturated rings. The highest BCUT2D eigenvalue weighted by molar-refractivity contribution is 5.86. The van der Waals surface area contributed by atoms with Crippen molar-refractivity contribution in [3.05, 3.63) is 17.3 Å². The molecule has 1 aromatic heterocycles. The lowest BCUT2D eigenvalue weighted by molar-refractivity contribution is -0.145. The molecule has 110 valence electrons. The van der Waals surface area contributed by atoms with Crippen LogP contribution in [0.4, 0.5) is 4.79 Å². The van der Waals surface area contributed by atoms with E-state index in [9.17, 15) is 14.4 Å². The van der Waals surface area contributed by atoms with Crippen molar-refractivity contribution < 1.29 is 29.0 Å². The van der Waals surface area contributed by atoms with E-state index in [2.05, 4.69) is 10.3 Å². The number of carbonyl (C=O) groups excluding carboxylic acids is 1. The molecule has 0 saturated carbocycles. The largest absolute Gasteiger partial charge is 0.481 e. The Morgan fingerprint density at radius 3 is 2.40 bits per heavy atom. The van der Waals surface area contributed by atoms with E-state index >= 15 is 0 Å². The predicted molar refractivity (Wildman–Crippen MR) is 65.0 cm³/mol. The monoisotopic (exact) mass is 285 g/mol. The van der Waals surface area contributed by atoms with Crippen LogP contribution in [-0.2, 0) is 16.1 Å². The Morgan fingerprint density at radius 2 is 1.95 bits per heavy atom. The summed E-state index contributed by atoms with van der Waals surface area (Å²) in [6.07, 6.45) is -0.708. The number of rotatable bonds is 6. The van der Waals surface area contributed by atoms with Crippen LogP contribution in [0.25, 0.3) is 0 Å². The van der Waals surface area contributed by atoms with Gasteiger partial charge in [-0.1, -0.05) is 0 Å². The maximum atomic E-state index is 11.5. The lowest BCUT2D eigenvalue weighted by Crippen LogP contribution is -2.46. The van der Waals surface area contributed by atoms with Gasteiger partial charge in [-0.25, -0.2) is 14.6 Å². The maximum Gasteiger partial charge on any atom is 0.326 e. The molecule has 0 aliphatic heterocycles. The molecule has 0 aliphatic rings. The predicted octanol–water partition coefficient (Wildman–Crippen LogP) is 0.0185. The topological polar surface area (TPSA) is 142 Å². The van der Waals surface area contributed by atoms with E-state index in [1.54, 1.807) is 13.8 Å². The van der Waals surface area contributed by atoms with Gasteiger partial charge in [0.25, 0.3) is 0 Å². The van der Waals surface area contributed by atoms with E-state index in [0.717, 1.165) is 0 Å². The van der Waals surface area contributed by atoms with Crippen LogP contribution in [0.5, 0.6) is 0 Å². The lowest BCUT2D eigenvalue weighted by Gasteiger charge is -2.12. The van der Waals surface area contributed by atoms with E-state index < -0.39 is 30.4 Å². The highest BCUT2D eigenvalue weighted by atomic mass is 16.4. The van der Waals surface area contributed by atoms with Crippen LogP contribution in [0.15, 0.2) is 4.42 Å². The van der Waals surface area contributed by atoms with Crippen molar-refractivity contribution in [3.8, 4) is 0 Å². The highest BCUT2D eigenvalue weighted by Crippen LogP contribution is 2.07. The van der Waals surface area contributed by atoms with Gasteiger partial charge in [0.05, 0.1) is 18.7 Å². The van der Waals surface area contributed by atoms with Crippen LogP contribution >= 0.6 is 0 Å². The highest BCUT2D eigenvalue weighted by Gasteiger charge is 2.23. The number of urea groups is 1. The SMILES string of the molecule is Cc1nc(CNC(=O)NC(CC(=O)O)C(=O)O)oc1C. The summed E-state index contributed by atoms with van der Waals surface area (Å²) >= 11 is 0. The number of oxazole rings is 1. The summed E-state index contributed by atoms with van der Waals surface area (Å²) in [5.41, 5.74) is 0.691. The first-order chi connectivity index (χ1) is 9.29. The van der Waals surface area contributed by atoms with Crippen molar-refractivity contribution in [1.82, 2.24) is 15.6 Å². The first-order valence-electron chi connectivity index (χ1n) is 5.71. The molecule has 1 unspecified atom stereocenters. The average Bonchev–Trinajstić information content (AvgIpc) is 2.65. The molecule has 1 atom stereocenters. The molecule has 9 nitrogen and oxygen atoms in total. The summed E-state index contributed by atoms with van der Waals surface area (Å²) in [5, 5.41) is 21.7. The van der Waals surface area contributed by atoms with Gasteiger partial charge >= 0.3 is 18.0 Å². The Kier molecular flexibility index (Phi) is 5.07. The Morgan fingerprint density at radius 1 is 1.30 bits per heavy atom. The van der Waals surface area contributed by atoms with Crippen molar-refractivity contribution >= 4 is 18.0 Å². The molecule has 4 N–H and O–H groups in total. The third-order valence-electron chi connectivity index (χ3n) is 2.46. The van der Waals surface area contributed by atoms with Crippen LogP contribution in [-0.4, -0.2) is 39.2 Å². The smallest absolute Gasteiger partial charge is 0.326 e. The van der Waals surface area contributed by atoms with Gasteiger partial charge < -0.3 is 25.3 Å². The molecule has 1 heterocycles. The third-order valence-corrected chi connectivity index (χ3v) is 2.46. The molecule has 0 aromatic carbocycles. The molecule has 9 heteroatoms. The Hall–Kier alpha value is -2.58. The van der Waals surface area contributed by atoms with E-state index in [-0.39, 0.29) is 12.4 Å². The molecule has 1 aromatic rings. The van der Waals surface area contributed by atoms with E-state index in [0.29, 0.717) is 11.5 Å². The number of amides is 2. The summed E-state index contributed by atoms with van der Waals surface area (Å²) < 4.78 is 5.22. The van der Waals surface area contributed by atoms with Crippen LogP contribution in [0.1, 0.15) is 23.8 Å². The zero-order valence-electron chi connectivity index (χ0n) is 11.0. The summed E-state index contributed by atoms with van der Waals surface area (Å²) in [4.78, 5) is 36.7. The molecule has 2 amide bonds. The summed E-state index contributed by atoms with van der Waals surface area (Å²) in [7, 11) is 0. The van der Waals surface area contributed by atoms with E-state index in [4.69, 9.17) is 14.6 Å².